The molecule has 1 heterocycles. The SMILES string of the molecule is N/C(=N/O)c1ccc(CNCC2(O)CCOCC2)cc1. The summed E-state index contributed by atoms with van der Waals surface area (Å²) in [5.41, 5.74) is 6.60. The van der Waals surface area contributed by atoms with Gasteiger partial charge in [-0.05, 0) is 5.56 Å². The smallest absolute Gasteiger partial charge is 0.170 e. The molecule has 0 unspecified atom stereocenters. The molecule has 1 aliphatic heterocycles. The van der Waals surface area contributed by atoms with Gasteiger partial charge in [-0.2, -0.15) is 0 Å². The molecule has 0 bridgehead atoms. The molecule has 6 heteroatoms. The summed E-state index contributed by atoms with van der Waals surface area (Å²) in [5.74, 6) is 0.0982. The molecule has 1 aliphatic rings. The van der Waals surface area contributed by atoms with Crippen LogP contribution < -0.4 is 11.1 Å². The number of amidine groups is 1. The van der Waals surface area contributed by atoms with Crippen molar-refractivity contribution in [2.24, 2.45) is 10.9 Å². The Kier molecular flexibility index (Phi) is 4.94. The van der Waals surface area contributed by atoms with E-state index in [1.807, 2.05) is 12.1 Å². The number of oxime groups is 1. The van der Waals surface area contributed by atoms with Gasteiger partial charge in [-0.3, -0.25) is 0 Å². The van der Waals surface area contributed by atoms with Crippen molar-refractivity contribution in [3.63, 3.8) is 0 Å². The van der Waals surface area contributed by atoms with Crippen molar-refractivity contribution < 1.29 is 15.1 Å². The number of nitrogens with two attached hydrogens (primary N) is 1. The molecule has 0 radical (unpaired) electrons. The number of hydrogen-bond donors (Lipinski definition) is 4. The Labute approximate surface area is 118 Å². The number of benzene rings is 1. The van der Waals surface area contributed by atoms with Crippen LogP contribution in [0.1, 0.15) is 24.0 Å². The molecule has 2 rings (SSSR count). The molecule has 0 atom stereocenters. The lowest BCUT2D eigenvalue weighted by Crippen LogP contribution is -2.44. The van der Waals surface area contributed by atoms with Crippen molar-refractivity contribution in [2.75, 3.05) is 19.8 Å². The fourth-order valence-electron chi connectivity index (χ4n) is 2.22. The first kappa shape index (κ1) is 14.8. The van der Waals surface area contributed by atoms with Crippen LogP contribution in [0, 0.1) is 0 Å². The summed E-state index contributed by atoms with van der Waals surface area (Å²) in [6, 6.07) is 7.42. The predicted molar refractivity (Wildman–Crippen MR) is 75.7 cm³/mol. The number of hydrogen-bond acceptors (Lipinski definition) is 5. The highest BCUT2D eigenvalue weighted by Crippen LogP contribution is 2.19. The average Bonchev–Trinajstić information content (AvgIpc) is 2.48. The summed E-state index contributed by atoms with van der Waals surface area (Å²) in [6.45, 7) is 2.46. The van der Waals surface area contributed by atoms with Crippen molar-refractivity contribution >= 4 is 5.84 Å². The Hall–Kier alpha value is -1.63. The van der Waals surface area contributed by atoms with Crippen LogP contribution in [0.4, 0.5) is 0 Å². The zero-order chi connectivity index (χ0) is 14.4. The molecule has 1 aromatic carbocycles. The second-order valence-corrected chi connectivity index (χ2v) is 5.12. The molecule has 0 aromatic heterocycles. The second kappa shape index (κ2) is 6.69. The maximum absolute atomic E-state index is 10.3. The number of rotatable bonds is 5. The van der Waals surface area contributed by atoms with Crippen LogP contribution >= 0.6 is 0 Å². The molecule has 0 saturated carbocycles. The Morgan fingerprint density at radius 2 is 1.95 bits per heavy atom. The highest BCUT2D eigenvalue weighted by Gasteiger charge is 2.28. The van der Waals surface area contributed by atoms with Gasteiger partial charge in [0.25, 0.3) is 0 Å². The second-order valence-electron chi connectivity index (χ2n) is 5.12. The van der Waals surface area contributed by atoms with E-state index in [0.717, 1.165) is 5.56 Å². The van der Waals surface area contributed by atoms with Gasteiger partial charge < -0.3 is 26.1 Å². The molecule has 1 saturated heterocycles. The molecule has 20 heavy (non-hydrogen) atoms. The largest absolute Gasteiger partial charge is 0.409 e. The van der Waals surface area contributed by atoms with E-state index in [-0.39, 0.29) is 5.84 Å². The van der Waals surface area contributed by atoms with Crippen LogP contribution in [0.25, 0.3) is 0 Å². The molecule has 6 nitrogen and oxygen atoms in total. The van der Waals surface area contributed by atoms with E-state index in [1.54, 1.807) is 12.1 Å². The molecule has 110 valence electrons. The first-order valence-corrected chi connectivity index (χ1v) is 6.71. The summed E-state index contributed by atoms with van der Waals surface area (Å²) in [4.78, 5) is 0. The summed E-state index contributed by atoms with van der Waals surface area (Å²) in [5, 5.41) is 25.1. The van der Waals surface area contributed by atoms with Gasteiger partial charge >= 0.3 is 0 Å². The molecule has 0 amide bonds. The molecular weight excluding hydrogens is 258 g/mol. The third kappa shape index (κ3) is 3.93. The zero-order valence-electron chi connectivity index (χ0n) is 11.4. The number of nitrogens with one attached hydrogen (secondary N) is 1. The minimum atomic E-state index is -0.661. The number of ether oxygens (including phenoxy) is 1. The van der Waals surface area contributed by atoms with Crippen molar-refractivity contribution in [1.29, 1.82) is 0 Å². The minimum Gasteiger partial charge on any atom is -0.409 e. The first-order chi connectivity index (χ1) is 9.63. The van der Waals surface area contributed by atoms with E-state index >= 15 is 0 Å². The van der Waals surface area contributed by atoms with E-state index in [0.29, 0.717) is 44.7 Å². The van der Waals surface area contributed by atoms with E-state index < -0.39 is 5.60 Å². The van der Waals surface area contributed by atoms with Crippen LogP contribution in [-0.2, 0) is 11.3 Å². The minimum absolute atomic E-state index is 0.0982. The zero-order valence-corrected chi connectivity index (χ0v) is 11.4. The highest BCUT2D eigenvalue weighted by molar-refractivity contribution is 5.96. The number of aliphatic hydroxyl groups is 1. The molecule has 0 aliphatic carbocycles. The highest BCUT2D eigenvalue weighted by atomic mass is 16.5. The lowest BCUT2D eigenvalue weighted by Gasteiger charge is -2.32. The van der Waals surface area contributed by atoms with Gasteiger partial charge in [0.15, 0.2) is 5.84 Å². The van der Waals surface area contributed by atoms with Gasteiger partial charge in [0.05, 0.1) is 5.60 Å². The van der Waals surface area contributed by atoms with Gasteiger partial charge in [-0.1, -0.05) is 29.4 Å². The van der Waals surface area contributed by atoms with Gasteiger partial charge in [0.1, 0.15) is 0 Å². The monoisotopic (exact) mass is 279 g/mol. The lowest BCUT2D eigenvalue weighted by molar-refractivity contribution is -0.0617. The van der Waals surface area contributed by atoms with Crippen LogP contribution in [0.2, 0.25) is 0 Å². The van der Waals surface area contributed by atoms with Gasteiger partial charge in [-0.25, -0.2) is 0 Å². The fraction of sp³-hybridized carbons (Fsp3) is 0.500. The van der Waals surface area contributed by atoms with Crippen molar-refractivity contribution in [3.05, 3.63) is 35.4 Å². The quantitative estimate of drug-likeness (QED) is 0.271. The molecule has 5 N–H and O–H groups in total. The molecule has 1 fully saturated rings. The molecule has 1 aromatic rings. The average molecular weight is 279 g/mol. The summed E-state index contributed by atoms with van der Waals surface area (Å²) < 4.78 is 5.24. The maximum Gasteiger partial charge on any atom is 0.170 e. The summed E-state index contributed by atoms with van der Waals surface area (Å²) in [7, 11) is 0. The van der Waals surface area contributed by atoms with Crippen LogP contribution in [0.5, 0.6) is 0 Å². The molecule has 0 spiro atoms. The van der Waals surface area contributed by atoms with Crippen LogP contribution in [0.15, 0.2) is 29.4 Å². The maximum atomic E-state index is 10.3. The summed E-state index contributed by atoms with van der Waals surface area (Å²) >= 11 is 0. The summed E-state index contributed by atoms with van der Waals surface area (Å²) in [6.07, 6.45) is 1.34. The van der Waals surface area contributed by atoms with E-state index in [1.165, 1.54) is 0 Å². The number of nitrogens with zero attached hydrogens (tertiary/aromatic N) is 1. The Morgan fingerprint density at radius 1 is 1.30 bits per heavy atom. The van der Waals surface area contributed by atoms with Crippen molar-refractivity contribution in [2.45, 2.75) is 25.0 Å². The van der Waals surface area contributed by atoms with Crippen LogP contribution in [0.3, 0.4) is 0 Å². The topological polar surface area (TPSA) is 100 Å². The molecular formula is C14H21N3O3. The Morgan fingerprint density at radius 3 is 2.55 bits per heavy atom. The lowest BCUT2D eigenvalue weighted by atomic mass is 9.94. The van der Waals surface area contributed by atoms with Gasteiger partial charge in [-0.15, -0.1) is 0 Å². The Bertz CT molecular complexity index is 453. The van der Waals surface area contributed by atoms with E-state index in [2.05, 4.69) is 10.5 Å². The fourth-order valence-corrected chi connectivity index (χ4v) is 2.22. The third-order valence-electron chi connectivity index (χ3n) is 3.56. The van der Waals surface area contributed by atoms with Crippen LogP contribution in [-0.4, -0.2) is 41.5 Å². The van der Waals surface area contributed by atoms with Gasteiger partial charge in [0, 0.05) is 44.7 Å². The first-order valence-electron chi connectivity index (χ1n) is 6.71. The predicted octanol–water partition coefficient (Wildman–Crippen LogP) is 0.412. The van der Waals surface area contributed by atoms with Gasteiger partial charge in [0.2, 0.25) is 0 Å². The normalized spacial score (nSPS) is 18.9. The van der Waals surface area contributed by atoms with E-state index in [9.17, 15) is 5.11 Å². The standard InChI is InChI=1S/C14H21N3O3/c15-13(17-19)12-3-1-11(2-4-12)9-16-10-14(18)5-7-20-8-6-14/h1-4,16,18-19H,5-10H2,(H2,15,17). The van der Waals surface area contributed by atoms with E-state index in [4.69, 9.17) is 15.7 Å². The Balaban J connectivity index is 1.82. The van der Waals surface area contributed by atoms with Crippen molar-refractivity contribution in [3.8, 4) is 0 Å². The third-order valence-corrected chi connectivity index (χ3v) is 3.56. The van der Waals surface area contributed by atoms with Crippen molar-refractivity contribution in [1.82, 2.24) is 5.32 Å².